The lowest BCUT2D eigenvalue weighted by Crippen LogP contribution is -2.02. The van der Waals surface area contributed by atoms with Gasteiger partial charge >= 0.3 is 0 Å². The number of benzene rings is 1. The number of para-hydroxylation sites is 1. The molecule has 4 nitrogen and oxygen atoms in total. The Morgan fingerprint density at radius 3 is 2.58 bits per heavy atom. The van der Waals surface area contributed by atoms with Gasteiger partial charge in [0.25, 0.3) is 0 Å². The number of anilines is 1. The van der Waals surface area contributed by atoms with Crippen molar-refractivity contribution in [2.45, 2.75) is 13.3 Å². The minimum Gasteiger partial charge on any atom is -0.463 e. The molecule has 0 fully saturated rings. The van der Waals surface area contributed by atoms with Crippen molar-refractivity contribution < 1.29 is 4.42 Å². The number of hydrogen-bond donors (Lipinski definition) is 1. The summed E-state index contributed by atoms with van der Waals surface area (Å²) in [6.45, 7) is 2.06. The molecule has 0 spiro atoms. The van der Waals surface area contributed by atoms with Crippen molar-refractivity contribution in [2.24, 2.45) is 0 Å². The molecule has 0 amide bonds. The van der Waals surface area contributed by atoms with Crippen molar-refractivity contribution in [3.05, 3.63) is 54.3 Å². The Bertz CT molecular complexity index is 669. The Morgan fingerprint density at radius 2 is 1.95 bits per heavy atom. The van der Waals surface area contributed by atoms with Crippen molar-refractivity contribution in [3.63, 3.8) is 0 Å². The molecule has 4 heteroatoms. The van der Waals surface area contributed by atoms with Gasteiger partial charge in [-0.2, -0.15) is 5.10 Å². The predicted molar refractivity (Wildman–Crippen MR) is 75.1 cm³/mol. The zero-order valence-corrected chi connectivity index (χ0v) is 10.7. The van der Waals surface area contributed by atoms with E-state index in [2.05, 4.69) is 12.0 Å². The van der Waals surface area contributed by atoms with Gasteiger partial charge in [-0.25, -0.2) is 4.68 Å². The van der Waals surface area contributed by atoms with Crippen molar-refractivity contribution in [3.8, 4) is 17.1 Å². The molecule has 19 heavy (non-hydrogen) atoms. The molecule has 0 saturated carbocycles. The number of hydrogen-bond acceptors (Lipinski definition) is 3. The number of nitrogens with zero attached hydrogens (tertiary/aromatic N) is 2. The van der Waals surface area contributed by atoms with E-state index in [0.717, 1.165) is 29.1 Å². The van der Waals surface area contributed by atoms with Crippen LogP contribution >= 0.6 is 0 Å². The molecular weight excluding hydrogens is 238 g/mol. The fraction of sp³-hybridized carbons (Fsp3) is 0.133. The summed E-state index contributed by atoms with van der Waals surface area (Å²) in [4.78, 5) is 0. The van der Waals surface area contributed by atoms with E-state index in [4.69, 9.17) is 10.2 Å². The molecule has 2 N–H and O–H groups in total. The first-order chi connectivity index (χ1) is 9.31. The third-order valence-electron chi connectivity index (χ3n) is 3.13. The number of furan rings is 1. The summed E-state index contributed by atoms with van der Waals surface area (Å²) in [6, 6.07) is 13.6. The normalized spacial score (nSPS) is 10.8. The largest absolute Gasteiger partial charge is 0.463 e. The quantitative estimate of drug-likeness (QED) is 0.779. The summed E-state index contributed by atoms with van der Waals surface area (Å²) in [5.74, 6) is 1.42. The van der Waals surface area contributed by atoms with Crippen LogP contribution in [-0.4, -0.2) is 9.78 Å². The Morgan fingerprint density at radius 1 is 1.16 bits per heavy atom. The molecule has 1 aromatic carbocycles. The van der Waals surface area contributed by atoms with Crippen LogP contribution in [0.15, 0.2) is 53.1 Å². The maximum Gasteiger partial charge on any atom is 0.154 e. The minimum absolute atomic E-state index is 0.667. The molecule has 0 aliphatic rings. The SMILES string of the molecule is CCc1c(-c2ccco2)nn(-c2ccccc2)c1N. The Kier molecular flexibility index (Phi) is 2.83. The van der Waals surface area contributed by atoms with E-state index in [1.165, 1.54) is 0 Å². The fourth-order valence-electron chi connectivity index (χ4n) is 2.19. The van der Waals surface area contributed by atoms with Crippen LogP contribution in [0, 0.1) is 0 Å². The van der Waals surface area contributed by atoms with E-state index in [9.17, 15) is 0 Å². The van der Waals surface area contributed by atoms with Gasteiger partial charge in [-0.1, -0.05) is 25.1 Å². The third-order valence-corrected chi connectivity index (χ3v) is 3.13. The van der Waals surface area contributed by atoms with E-state index in [1.807, 2.05) is 42.5 Å². The predicted octanol–water partition coefficient (Wildman–Crippen LogP) is 3.28. The molecule has 0 radical (unpaired) electrons. The Balaban J connectivity index is 2.18. The number of nitrogens with two attached hydrogens (primary N) is 1. The van der Waals surface area contributed by atoms with Crippen LogP contribution in [0.25, 0.3) is 17.1 Å². The number of rotatable bonds is 3. The van der Waals surface area contributed by atoms with Crippen LogP contribution in [0.3, 0.4) is 0 Å². The van der Waals surface area contributed by atoms with Gasteiger partial charge in [-0.3, -0.25) is 0 Å². The molecule has 2 aromatic heterocycles. The van der Waals surface area contributed by atoms with Gasteiger partial charge in [-0.05, 0) is 30.7 Å². The van der Waals surface area contributed by atoms with Crippen LogP contribution in [0.2, 0.25) is 0 Å². The lowest BCUT2D eigenvalue weighted by molar-refractivity contribution is 0.578. The van der Waals surface area contributed by atoms with Crippen molar-refractivity contribution >= 4 is 5.82 Å². The molecule has 0 unspecified atom stereocenters. The molecule has 96 valence electrons. The van der Waals surface area contributed by atoms with Gasteiger partial charge in [0.15, 0.2) is 5.76 Å². The smallest absolute Gasteiger partial charge is 0.154 e. The maximum atomic E-state index is 6.21. The van der Waals surface area contributed by atoms with Crippen LogP contribution in [0.4, 0.5) is 5.82 Å². The second kappa shape index (κ2) is 4.65. The van der Waals surface area contributed by atoms with Gasteiger partial charge in [0, 0.05) is 5.56 Å². The molecule has 3 rings (SSSR count). The molecule has 0 bridgehead atoms. The van der Waals surface area contributed by atoms with Gasteiger partial charge < -0.3 is 10.2 Å². The van der Waals surface area contributed by atoms with Crippen molar-refractivity contribution in [1.29, 1.82) is 0 Å². The molecule has 0 aliphatic carbocycles. The lowest BCUT2D eigenvalue weighted by atomic mass is 10.1. The summed E-state index contributed by atoms with van der Waals surface area (Å²) in [5, 5.41) is 4.59. The molecule has 0 atom stereocenters. The van der Waals surface area contributed by atoms with Gasteiger partial charge in [0.2, 0.25) is 0 Å². The monoisotopic (exact) mass is 253 g/mol. The van der Waals surface area contributed by atoms with Gasteiger partial charge in [-0.15, -0.1) is 0 Å². The van der Waals surface area contributed by atoms with Crippen LogP contribution in [0.5, 0.6) is 0 Å². The van der Waals surface area contributed by atoms with Crippen LogP contribution in [0.1, 0.15) is 12.5 Å². The van der Waals surface area contributed by atoms with Gasteiger partial charge in [0.05, 0.1) is 12.0 Å². The maximum absolute atomic E-state index is 6.21. The van der Waals surface area contributed by atoms with E-state index in [1.54, 1.807) is 10.9 Å². The average Bonchev–Trinajstić information content (AvgIpc) is 3.07. The fourth-order valence-corrected chi connectivity index (χ4v) is 2.19. The van der Waals surface area contributed by atoms with Crippen molar-refractivity contribution in [1.82, 2.24) is 9.78 Å². The summed E-state index contributed by atoms with van der Waals surface area (Å²) < 4.78 is 7.20. The molecule has 0 aliphatic heterocycles. The second-order valence-corrected chi connectivity index (χ2v) is 4.29. The molecule has 2 heterocycles. The van der Waals surface area contributed by atoms with Gasteiger partial charge in [0.1, 0.15) is 11.5 Å². The van der Waals surface area contributed by atoms with E-state index in [-0.39, 0.29) is 0 Å². The van der Waals surface area contributed by atoms with Crippen LogP contribution in [-0.2, 0) is 6.42 Å². The average molecular weight is 253 g/mol. The number of aromatic nitrogens is 2. The van der Waals surface area contributed by atoms with Crippen molar-refractivity contribution in [2.75, 3.05) is 5.73 Å². The third kappa shape index (κ3) is 1.91. The summed E-state index contributed by atoms with van der Waals surface area (Å²) in [7, 11) is 0. The Hall–Kier alpha value is -2.49. The summed E-state index contributed by atoms with van der Waals surface area (Å²) >= 11 is 0. The lowest BCUT2D eigenvalue weighted by Gasteiger charge is -2.03. The Labute approximate surface area is 111 Å². The summed E-state index contributed by atoms with van der Waals surface area (Å²) in [6.07, 6.45) is 2.46. The molecule has 3 aromatic rings. The minimum atomic E-state index is 0.667. The van der Waals surface area contributed by atoms with E-state index >= 15 is 0 Å². The van der Waals surface area contributed by atoms with Crippen LogP contribution < -0.4 is 5.73 Å². The molecular formula is C15H15N3O. The standard InChI is InChI=1S/C15H15N3O/c1-2-12-14(13-9-6-10-19-13)17-18(15(12)16)11-7-4-3-5-8-11/h3-10H,2,16H2,1H3. The highest BCUT2D eigenvalue weighted by atomic mass is 16.3. The van der Waals surface area contributed by atoms with E-state index in [0.29, 0.717) is 5.82 Å². The topological polar surface area (TPSA) is 57.0 Å². The highest BCUT2D eigenvalue weighted by Gasteiger charge is 2.18. The molecule has 0 saturated heterocycles. The highest BCUT2D eigenvalue weighted by Crippen LogP contribution is 2.29. The first-order valence-electron chi connectivity index (χ1n) is 6.28. The zero-order chi connectivity index (χ0) is 13.2. The van der Waals surface area contributed by atoms with E-state index < -0.39 is 0 Å². The second-order valence-electron chi connectivity index (χ2n) is 4.29. The zero-order valence-electron chi connectivity index (χ0n) is 10.7. The first kappa shape index (κ1) is 11.6. The summed E-state index contributed by atoms with van der Waals surface area (Å²) in [5.41, 5.74) is 8.99. The highest BCUT2D eigenvalue weighted by molar-refractivity contribution is 5.66. The number of nitrogen functional groups attached to an aromatic ring is 1. The first-order valence-corrected chi connectivity index (χ1v) is 6.28.